The van der Waals surface area contributed by atoms with Crippen molar-refractivity contribution in [2.75, 3.05) is 20.8 Å². The second kappa shape index (κ2) is 10.9. The maximum atomic E-state index is 13.4. The molecule has 0 bridgehead atoms. The summed E-state index contributed by atoms with van der Waals surface area (Å²) in [4.78, 5) is 12.0. The highest BCUT2D eigenvalue weighted by molar-refractivity contribution is 7.89. The van der Waals surface area contributed by atoms with E-state index in [4.69, 9.17) is 14.2 Å². The third-order valence-electron chi connectivity index (χ3n) is 6.60. The Balaban J connectivity index is 1.28. The minimum absolute atomic E-state index is 0.0852. The average molecular weight is 549 g/mol. The zero-order valence-electron chi connectivity index (χ0n) is 21.8. The molecule has 0 amide bonds. The number of Topliss-reactive ketones (excluding diaryl/α,β-unsaturated/α-hetero) is 1. The quantitative estimate of drug-likeness (QED) is 0.290. The SMILES string of the molecule is COc1cc2c(cc1OC)CN(S(=O)(=O)c1ccc(-n3cc(COc4ccccc4C(C)=O)nn3)cc1)CC2. The highest BCUT2D eigenvalue weighted by Gasteiger charge is 2.29. The molecule has 0 unspecified atom stereocenters. The van der Waals surface area contributed by atoms with E-state index in [0.29, 0.717) is 47.2 Å². The number of fused-ring (bicyclic) bond motifs is 1. The van der Waals surface area contributed by atoms with Crippen molar-refractivity contribution in [3.8, 4) is 22.9 Å². The van der Waals surface area contributed by atoms with E-state index in [-0.39, 0.29) is 23.8 Å². The van der Waals surface area contributed by atoms with Crippen molar-refractivity contribution >= 4 is 15.8 Å². The van der Waals surface area contributed by atoms with Crippen LogP contribution in [0.2, 0.25) is 0 Å². The van der Waals surface area contributed by atoms with Gasteiger partial charge in [0.15, 0.2) is 17.3 Å². The van der Waals surface area contributed by atoms with Gasteiger partial charge in [-0.05, 0) is 73.0 Å². The first-order valence-electron chi connectivity index (χ1n) is 12.3. The standard InChI is InChI=1S/C28H28N4O6S/c1-19(33)25-6-4-5-7-26(25)38-18-22-17-32(30-29-22)23-8-10-24(11-9-23)39(34,35)31-13-12-20-14-27(36-2)28(37-3)15-21(20)16-31/h4-11,14-15,17H,12-13,16,18H2,1-3H3. The van der Waals surface area contributed by atoms with Gasteiger partial charge in [0.05, 0.1) is 36.6 Å². The molecule has 0 spiro atoms. The fourth-order valence-electron chi connectivity index (χ4n) is 4.51. The van der Waals surface area contributed by atoms with Crippen LogP contribution in [0.25, 0.3) is 5.69 Å². The lowest BCUT2D eigenvalue weighted by Crippen LogP contribution is -2.36. The summed E-state index contributed by atoms with van der Waals surface area (Å²) in [5.74, 6) is 1.59. The maximum absolute atomic E-state index is 13.4. The minimum atomic E-state index is -3.72. The van der Waals surface area contributed by atoms with Gasteiger partial charge >= 0.3 is 0 Å². The van der Waals surface area contributed by atoms with Gasteiger partial charge in [-0.2, -0.15) is 4.31 Å². The molecule has 0 N–H and O–H groups in total. The molecule has 0 atom stereocenters. The monoisotopic (exact) mass is 548 g/mol. The first-order chi connectivity index (χ1) is 18.8. The van der Waals surface area contributed by atoms with Crippen LogP contribution in [-0.2, 0) is 29.6 Å². The number of rotatable bonds is 9. The number of ketones is 1. The van der Waals surface area contributed by atoms with Crippen LogP contribution in [0.15, 0.2) is 71.8 Å². The predicted octanol–water partition coefficient (Wildman–Crippen LogP) is 3.81. The van der Waals surface area contributed by atoms with Gasteiger partial charge in [0, 0.05) is 13.1 Å². The van der Waals surface area contributed by atoms with Gasteiger partial charge in [0.1, 0.15) is 18.1 Å². The molecule has 0 aliphatic carbocycles. The van der Waals surface area contributed by atoms with Crippen LogP contribution in [0, 0.1) is 0 Å². The Morgan fingerprint density at radius 3 is 2.33 bits per heavy atom. The summed E-state index contributed by atoms with van der Waals surface area (Å²) < 4.78 is 46.4. The Kier molecular flexibility index (Phi) is 7.36. The van der Waals surface area contributed by atoms with E-state index in [9.17, 15) is 13.2 Å². The Morgan fingerprint density at radius 1 is 0.949 bits per heavy atom. The highest BCUT2D eigenvalue weighted by Crippen LogP contribution is 2.34. The van der Waals surface area contributed by atoms with Crippen molar-refractivity contribution in [2.45, 2.75) is 31.4 Å². The van der Waals surface area contributed by atoms with Crippen LogP contribution in [0.3, 0.4) is 0 Å². The number of aromatic nitrogens is 3. The summed E-state index contributed by atoms with van der Waals surface area (Å²) >= 11 is 0. The van der Waals surface area contributed by atoms with Gasteiger partial charge < -0.3 is 14.2 Å². The number of sulfonamides is 1. The molecule has 10 nitrogen and oxygen atoms in total. The number of hydrogen-bond acceptors (Lipinski definition) is 8. The molecule has 1 aromatic heterocycles. The van der Waals surface area contributed by atoms with Gasteiger partial charge in [0.25, 0.3) is 0 Å². The number of para-hydroxylation sites is 1. The lowest BCUT2D eigenvalue weighted by molar-refractivity contribution is 0.101. The molecule has 39 heavy (non-hydrogen) atoms. The van der Waals surface area contributed by atoms with E-state index in [2.05, 4.69) is 10.3 Å². The molecule has 4 aromatic rings. The molecular formula is C28H28N4O6S. The van der Waals surface area contributed by atoms with Crippen LogP contribution < -0.4 is 14.2 Å². The van der Waals surface area contributed by atoms with Crippen molar-refractivity contribution in [1.29, 1.82) is 0 Å². The molecular weight excluding hydrogens is 520 g/mol. The summed E-state index contributed by atoms with van der Waals surface area (Å²) in [5.41, 5.74) is 3.65. The smallest absolute Gasteiger partial charge is 0.243 e. The van der Waals surface area contributed by atoms with Gasteiger partial charge in [-0.3, -0.25) is 4.79 Å². The fourth-order valence-corrected chi connectivity index (χ4v) is 5.93. The van der Waals surface area contributed by atoms with Crippen LogP contribution in [0.1, 0.15) is 34.1 Å². The van der Waals surface area contributed by atoms with Crippen LogP contribution in [0.4, 0.5) is 0 Å². The van der Waals surface area contributed by atoms with E-state index in [1.165, 1.54) is 11.2 Å². The number of carbonyl (C=O) groups is 1. The van der Waals surface area contributed by atoms with Gasteiger partial charge in [-0.1, -0.05) is 17.3 Å². The third kappa shape index (κ3) is 5.36. The Hall–Kier alpha value is -4.22. The van der Waals surface area contributed by atoms with Crippen molar-refractivity contribution in [3.63, 3.8) is 0 Å². The number of hydrogen-bond donors (Lipinski definition) is 0. The molecule has 0 radical (unpaired) electrons. The largest absolute Gasteiger partial charge is 0.493 e. The third-order valence-corrected chi connectivity index (χ3v) is 8.46. The lowest BCUT2D eigenvalue weighted by atomic mass is 10.0. The Labute approximate surface area is 226 Å². The Bertz CT molecular complexity index is 1620. The molecule has 2 heterocycles. The maximum Gasteiger partial charge on any atom is 0.243 e. The lowest BCUT2D eigenvalue weighted by Gasteiger charge is -2.29. The van der Waals surface area contributed by atoms with E-state index >= 15 is 0 Å². The Morgan fingerprint density at radius 2 is 1.64 bits per heavy atom. The summed E-state index contributed by atoms with van der Waals surface area (Å²) in [6.07, 6.45) is 2.27. The zero-order chi connectivity index (χ0) is 27.6. The molecule has 0 saturated heterocycles. The van der Waals surface area contributed by atoms with Crippen molar-refractivity contribution in [3.05, 3.63) is 89.2 Å². The second-order valence-electron chi connectivity index (χ2n) is 9.05. The van der Waals surface area contributed by atoms with E-state index in [1.54, 1.807) is 73.6 Å². The minimum Gasteiger partial charge on any atom is -0.493 e. The number of ether oxygens (including phenoxy) is 3. The molecule has 3 aromatic carbocycles. The van der Waals surface area contributed by atoms with Crippen LogP contribution >= 0.6 is 0 Å². The molecule has 1 aliphatic heterocycles. The zero-order valence-corrected chi connectivity index (χ0v) is 22.6. The average Bonchev–Trinajstić information content (AvgIpc) is 3.44. The molecule has 5 rings (SSSR count). The molecule has 0 saturated carbocycles. The molecule has 1 aliphatic rings. The van der Waals surface area contributed by atoms with Crippen LogP contribution in [-0.4, -0.2) is 54.3 Å². The summed E-state index contributed by atoms with van der Waals surface area (Å²) in [6, 6.07) is 17.3. The molecule has 0 fully saturated rings. The number of nitrogens with zero attached hydrogens (tertiary/aromatic N) is 4. The molecule has 11 heteroatoms. The van der Waals surface area contributed by atoms with E-state index in [1.807, 2.05) is 12.1 Å². The van der Waals surface area contributed by atoms with E-state index < -0.39 is 10.0 Å². The summed E-state index contributed by atoms with van der Waals surface area (Å²) in [6.45, 7) is 2.23. The van der Waals surface area contributed by atoms with Crippen molar-refractivity contribution in [2.24, 2.45) is 0 Å². The van der Waals surface area contributed by atoms with Crippen molar-refractivity contribution < 1.29 is 27.4 Å². The first kappa shape index (κ1) is 26.4. The number of methoxy groups -OCH3 is 2. The van der Waals surface area contributed by atoms with Gasteiger partial charge in [0.2, 0.25) is 10.0 Å². The summed E-state index contributed by atoms with van der Waals surface area (Å²) in [7, 11) is -0.578. The fraction of sp³-hybridized carbons (Fsp3) is 0.250. The predicted molar refractivity (Wildman–Crippen MR) is 143 cm³/mol. The number of carbonyl (C=O) groups excluding carboxylic acids is 1. The van der Waals surface area contributed by atoms with Gasteiger partial charge in [-0.15, -0.1) is 5.10 Å². The second-order valence-corrected chi connectivity index (χ2v) is 11.0. The van der Waals surface area contributed by atoms with Gasteiger partial charge in [-0.25, -0.2) is 13.1 Å². The van der Waals surface area contributed by atoms with E-state index in [0.717, 1.165) is 11.1 Å². The first-order valence-corrected chi connectivity index (χ1v) is 13.7. The highest BCUT2D eigenvalue weighted by atomic mass is 32.2. The molecule has 202 valence electrons. The van der Waals surface area contributed by atoms with Crippen LogP contribution in [0.5, 0.6) is 17.2 Å². The topological polar surface area (TPSA) is 113 Å². The number of benzene rings is 3. The normalized spacial score (nSPS) is 13.5. The van der Waals surface area contributed by atoms with Crippen molar-refractivity contribution in [1.82, 2.24) is 19.3 Å². The summed E-state index contributed by atoms with van der Waals surface area (Å²) in [5, 5.41) is 8.26.